The van der Waals surface area contributed by atoms with Crippen molar-refractivity contribution in [2.24, 2.45) is 0 Å². The van der Waals surface area contributed by atoms with Crippen LogP contribution in [0, 0.1) is 0 Å². The fourth-order valence-electron chi connectivity index (χ4n) is 4.34. The van der Waals surface area contributed by atoms with Gasteiger partial charge in [0.2, 0.25) is 5.91 Å². The molecule has 0 unspecified atom stereocenters. The van der Waals surface area contributed by atoms with Gasteiger partial charge in [0.15, 0.2) is 0 Å². The molecular formula is C21H24N2O. The average molecular weight is 320 g/mol. The smallest absolute Gasteiger partial charge is 0.241 e. The van der Waals surface area contributed by atoms with E-state index >= 15 is 0 Å². The Bertz CT molecular complexity index is 770. The molecule has 1 aliphatic carbocycles. The van der Waals surface area contributed by atoms with Crippen LogP contribution in [0.2, 0.25) is 0 Å². The molecule has 24 heavy (non-hydrogen) atoms. The molecule has 1 aliphatic heterocycles. The second-order valence-electron chi connectivity index (χ2n) is 7.11. The van der Waals surface area contributed by atoms with Crippen molar-refractivity contribution in [3.63, 3.8) is 0 Å². The van der Waals surface area contributed by atoms with E-state index in [1.54, 1.807) is 0 Å². The summed E-state index contributed by atoms with van der Waals surface area (Å²) in [4.78, 5) is 17.2. The maximum absolute atomic E-state index is 13.0. The molecule has 2 atom stereocenters. The summed E-state index contributed by atoms with van der Waals surface area (Å²) in [5.74, 6) is 0.208. The Balaban J connectivity index is 1.51. The van der Waals surface area contributed by atoms with Crippen molar-refractivity contribution in [2.45, 2.75) is 38.3 Å². The first-order chi connectivity index (χ1) is 11.6. The van der Waals surface area contributed by atoms with E-state index in [4.69, 9.17) is 0 Å². The second-order valence-corrected chi connectivity index (χ2v) is 7.11. The molecule has 0 radical (unpaired) electrons. The lowest BCUT2D eigenvalue weighted by Crippen LogP contribution is -2.42. The van der Waals surface area contributed by atoms with Gasteiger partial charge in [-0.1, -0.05) is 42.5 Å². The fourth-order valence-corrected chi connectivity index (χ4v) is 4.34. The number of anilines is 1. The van der Waals surface area contributed by atoms with Gasteiger partial charge < -0.3 is 4.90 Å². The van der Waals surface area contributed by atoms with Gasteiger partial charge in [0.05, 0.1) is 6.54 Å². The lowest BCUT2D eigenvalue weighted by molar-refractivity contribution is -0.120. The fraction of sp³-hybridized carbons (Fsp3) is 0.381. The molecule has 3 nitrogen and oxygen atoms in total. The average Bonchev–Trinajstić information content (AvgIpc) is 3.14. The molecule has 2 aromatic rings. The first kappa shape index (κ1) is 15.4. The Morgan fingerprint density at radius 3 is 2.67 bits per heavy atom. The number of para-hydroxylation sites is 1. The minimum atomic E-state index is 0.208. The molecule has 0 aromatic heterocycles. The predicted octanol–water partition coefficient (Wildman–Crippen LogP) is 3.58. The molecular weight excluding hydrogens is 296 g/mol. The van der Waals surface area contributed by atoms with E-state index in [0.717, 1.165) is 24.9 Å². The molecule has 124 valence electrons. The first-order valence-corrected chi connectivity index (χ1v) is 8.83. The number of rotatable bonds is 3. The quantitative estimate of drug-likeness (QED) is 0.863. The van der Waals surface area contributed by atoms with Crippen LogP contribution in [0.1, 0.15) is 36.1 Å². The van der Waals surface area contributed by atoms with Gasteiger partial charge in [0.25, 0.3) is 0 Å². The molecule has 2 aromatic carbocycles. The topological polar surface area (TPSA) is 23.6 Å². The van der Waals surface area contributed by atoms with Gasteiger partial charge in [0, 0.05) is 17.8 Å². The van der Waals surface area contributed by atoms with Gasteiger partial charge in [0.1, 0.15) is 0 Å². The van der Waals surface area contributed by atoms with Crippen molar-refractivity contribution >= 4 is 11.6 Å². The summed E-state index contributed by atoms with van der Waals surface area (Å²) in [7, 11) is 2.08. The molecule has 0 bridgehead atoms. The zero-order chi connectivity index (χ0) is 16.7. The summed E-state index contributed by atoms with van der Waals surface area (Å²) in [6.07, 6.45) is 3.18. The first-order valence-electron chi connectivity index (χ1n) is 8.83. The van der Waals surface area contributed by atoms with Crippen LogP contribution in [0.15, 0.2) is 48.5 Å². The van der Waals surface area contributed by atoms with E-state index in [-0.39, 0.29) is 11.9 Å². The predicted molar refractivity (Wildman–Crippen MR) is 97.2 cm³/mol. The van der Waals surface area contributed by atoms with Gasteiger partial charge in [-0.25, -0.2) is 0 Å². The lowest BCUT2D eigenvalue weighted by atomic mass is 10.1. The molecule has 0 saturated heterocycles. The number of likely N-dealkylation sites (N-methyl/N-ethyl adjacent to an activating group) is 1. The standard InChI is InChI=1S/C21H24N2O/c1-15-13-17-8-4-6-10-19(17)23(15)21(24)14-22(2)20-12-11-16-7-3-5-9-18(16)20/h3-10,15,20H,11-14H2,1-2H3/t15-,20+/m0/s1. The third kappa shape index (κ3) is 2.53. The number of hydrogen-bond acceptors (Lipinski definition) is 2. The maximum atomic E-state index is 13.0. The molecule has 4 rings (SSSR count). The Labute approximate surface area is 143 Å². The minimum Gasteiger partial charge on any atom is -0.308 e. The summed E-state index contributed by atoms with van der Waals surface area (Å²) >= 11 is 0. The number of nitrogens with zero attached hydrogens (tertiary/aromatic N) is 2. The van der Waals surface area contributed by atoms with E-state index < -0.39 is 0 Å². The highest BCUT2D eigenvalue weighted by atomic mass is 16.2. The van der Waals surface area contributed by atoms with Crippen molar-refractivity contribution in [3.8, 4) is 0 Å². The van der Waals surface area contributed by atoms with Crippen LogP contribution < -0.4 is 4.90 Å². The molecule has 0 fully saturated rings. The molecule has 2 aliphatic rings. The number of hydrogen-bond donors (Lipinski definition) is 0. The van der Waals surface area contributed by atoms with E-state index in [9.17, 15) is 4.79 Å². The Morgan fingerprint density at radius 1 is 1.12 bits per heavy atom. The van der Waals surface area contributed by atoms with Crippen LogP contribution in [-0.4, -0.2) is 30.4 Å². The normalized spacial score (nSPS) is 21.9. The zero-order valence-electron chi connectivity index (χ0n) is 14.4. The van der Waals surface area contributed by atoms with Gasteiger partial charge >= 0.3 is 0 Å². The van der Waals surface area contributed by atoms with Gasteiger partial charge in [-0.15, -0.1) is 0 Å². The number of fused-ring (bicyclic) bond motifs is 2. The highest BCUT2D eigenvalue weighted by Gasteiger charge is 2.33. The number of amides is 1. The van der Waals surface area contributed by atoms with Crippen LogP contribution in [0.5, 0.6) is 0 Å². The van der Waals surface area contributed by atoms with Crippen LogP contribution >= 0.6 is 0 Å². The highest BCUT2D eigenvalue weighted by molar-refractivity contribution is 5.97. The number of carbonyl (C=O) groups is 1. The van der Waals surface area contributed by atoms with E-state index in [1.165, 1.54) is 16.7 Å². The summed E-state index contributed by atoms with van der Waals surface area (Å²) < 4.78 is 0. The van der Waals surface area contributed by atoms with Gasteiger partial charge in [-0.2, -0.15) is 0 Å². The van der Waals surface area contributed by atoms with Crippen LogP contribution in [0.25, 0.3) is 0 Å². The van der Waals surface area contributed by atoms with E-state index in [2.05, 4.69) is 61.3 Å². The van der Waals surface area contributed by atoms with Crippen molar-refractivity contribution in [1.82, 2.24) is 4.90 Å². The van der Waals surface area contributed by atoms with E-state index in [0.29, 0.717) is 12.6 Å². The summed E-state index contributed by atoms with van der Waals surface area (Å²) in [5.41, 5.74) is 5.20. The summed E-state index contributed by atoms with van der Waals surface area (Å²) in [6.45, 7) is 2.61. The van der Waals surface area contributed by atoms with Crippen LogP contribution in [0.3, 0.4) is 0 Å². The van der Waals surface area contributed by atoms with Gasteiger partial charge in [-0.05, 0) is 56.0 Å². The number of benzene rings is 2. The third-order valence-corrected chi connectivity index (χ3v) is 5.49. The zero-order valence-corrected chi connectivity index (χ0v) is 14.4. The van der Waals surface area contributed by atoms with Crippen molar-refractivity contribution < 1.29 is 4.79 Å². The minimum absolute atomic E-state index is 0.208. The molecule has 0 N–H and O–H groups in total. The molecule has 3 heteroatoms. The SMILES string of the molecule is C[C@H]1Cc2ccccc2N1C(=O)CN(C)[C@@H]1CCc2ccccc21. The van der Waals surface area contributed by atoms with E-state index in [1.807, 2.05) is 11.0 Å². The largest absolute Gasteiger partial charge is 0.308 e. The Morgan fingerprint density at radius 2 is 1.83 bits per heavy atom. The number of aryl methyl sites for hydroxylation is 1. The highest BCUT2D eigenvalue weighted by Crippen LogP contribution is 2.36. The van der Waals surface area contributed by atoms with Crippen molar-refractivity contribution in [3.05, 3.63) is 65.2 Å². The van der Waals surface area contributed by atoms with Crippen LogP contribution in [0.4, 0.5) is 5.69 Å². The Kier molecular flexibility index (Phi) is 3.89. The van der Waals surface area contributed by atoms with Gasteiger partial charge in [-0.3, -0.25) is 9.69 Å². The third-order valence-electron chi connectivity index (χ3n) is 5.49. The molecule has 1 amide bonds. The Hall–Kier alpha value is -2.13. The van der Waals surface area contributed by atoms with Crippen molar-refractivity contribution in [2.75, 3.05) is 18.5 Å². The summed E-state index contributed by atoms with van der Waals surface area (Å²) in [5, 5.41) is 0. The molecule has 0 spiro atoms. The lowest BCUT2D eigenvalue weighted by Gasteiger charge is -2.29. The molecule has 0 saturated carbocycles. The van der Waals surface area contributed by atoms with Crippen molar-refractivity contribution in [1.29, 1.82) is 0 Å². The monoisotopic (exact) mass is 320 g/mol. The maximum Gasteiger partial charge on any atom is 0.241 e. The summed E-state index contributed by atoms with van der Waals surface area (Å²) in [6, 6.07) is 17.5. The second kappa shape index (κ2) is 6.06. The number of carbonyl (C=O) groups excluding carboxylic acids is 1. The van der Waals surface area contributed by atoms with Crippen LogP contribution in [-0.2, 0) is 17.6 Å². The molecule has 1 heterocycles.